The van der Waals surface area contributed by atoms with E-state index in [0.717, 1.165) is 21.4 Å². The molecule has 0 aliphatic heterocycles. The van der Waals surface area contributed by atoms with Gasteiger partial charge in [0.2, 0.25) is 5.28 Å². The normalized spacial score (nSPS) is 10.4. The molecule has 0 fully saturated rings. The molecule has 2 heterocycles. The van der Waals surface area contributed by atoms with Gasteiger partial charge < -0.3 is 0 Å². The molecule has 1 N–H and O–H groups in total. The smallest absolute Gasteiger partial charge is 0.222 e. The molecule has 6 heteroatoms. The van der Waals surface area contributed by atoms with E-state index >= 15 is 0 Å². The van der Waals surface area contributed by atoms with Gasteiger partial charge in [0, 0.05) is 16.2 Å². The van der Waals surface area contributed by atoms with Crippen LogP contribution >= 0.6 is 34.2 Å². The summed E-state index contributed by atoms with van der Waals surface area (Å²) >= 11 is 7.97. The molecule has 2 aromatic rings. The quantitative estimate of drug-likeness (QED) is 0.525. The third kappa shape index (κ3) is 1.88. The van der Waals surface area contributed by atoms with Crippen LogP contribution in [0.1, 0.15) is 5.69 Å². The Bertz CT molecular complexity index is 442. The first-order valence-electron chi connectivity index (χ1n) is 3.88. The van der Waals surface area contributed by atoms with Crippen LogP contribution in [0.25, 0.3) is 11.3 Å². The van der Waals surface area contributed by atoms with Crippen LogP contribution in [0.15, 0.2) is 18.5 Å². The van der Waals surface area contributed by atoms with E-state index in [1.807, 2.05) is 6.07 Å². The van der Waals surface area contributed by atoms with E-state index in [1.54, 1.807) is 12.4 Å². The molecule has 0 bridgehead atoms. The number of hydrogen-bond acceptors (Lipinski definition) is 3. The Kier molecular flexibility index (Phi) is 2.97. The Morgan fingerprint density at radius 2 is 2.36 bits per heavy atom. The van der Waals surface area contributed by atoms with Crippen LogP contribution in [0.3, 0.4) is 0 Å². The zero-order valence-corrected chi connectivity index (χ0v) is 9.95. The average molecular weight is 321 g/mol. The van der Waals surface area contributed by atoms with Gasteiger partial charge in [0.1, 0.15) is 0 Å². The topological polar surface area (TPSA) is 54.5 Å². The van der Waals surface area contributed by atoms with Gasteiger partial charge in [0.25, 0.3) is 0 Å². The summed E-state index contributed by atoms with van der Waals surface area (Å²) in [6.45, 7) is 0. The third-order valence-corrected chi connectivity index (χ3v) is 2.70. The number of aromatic nitrogens is 4. The molecule has 0 saturated heterocycles. The number of halogens is 2. The SMILES string of the molecule is Clc1nccc(-c2cn[nH]c2CI)n1. The zero-order valence-electron chi connectivity index (χ0n) is 7.04. The highest BCUT2D eigenvalue weighted by Crippen LogP contribution is 2.21. The standard InChI is InChI=1S/C8H6ClIN4/c9-8-11-2-1-6(13-8)5-4-12-14-7(5)3-10/h1-2,4H,3H2,(H,12,14). The van der Waals surface area contributed by atoms with Gasteiger partial charge in [-0.25, -0.2) is 9.97 Å². The van der Waals surface area contributed by atoms with Crippen LogP contribution in [0, 0.1) is 0 Å². The Labute approximate surface area is 99.3 Å². The largest absolute Gasteiger partial charge is 0.281 e. The maximum atomic E-state index is 5.70. The number of hydrogen-bond donors (Lipinski definition) is 1. The Hall–Kier alpha value is -0.690. The van der Waals surface area contributed by atoms with Crippen LogP contribution < -0.4 is 0 Å². The van der Waals surface area contributed by atoms with Crippen molar-refractivity contribution in [2.45, 2.75) is 4.43 Å². The second-order valence-corrected chi connectivity index (χ2v) is 3.71. The van der Waals surface area contributed by atoms with Crippen molar-refractivity contribution in [2.24, 2.45) is 0 Å². The van der Waals surface area contributed by atoms with Gasteiger partial charge in [-0.3, -0.25) is 5.10 Å². The minimum absolute atomic E-state index is 0.253. The predicted octanol–water partition coefficient (Wildman–Crippen LogP) is 2.46. The van der Waals surface area contributed by atoms with Gasteiger partial charge in [0.05, 0.1) is 17.6 Å². The lowest BCUT2D eigenvalue weighted by Gasteiger charge is -1.98. The number of nitrogens with one attached hydrogen (secondary N) is 1. The van der Waals surface area contributed by atoms with Crippen molar-refractivity contribution >= 4 is 34.2 Å². The van der Waals surface area contributed by atoms with Crippen molar-refractivity contribution in [3.05, 3.63) is 29.4 Å². The molecule has 0 aromatic carbocycles. The fourth-order valence-corrected chi connectivity index (χ4v) is 1.85. The summed E-state index contributed by atoms with van der Waals surface area (Å²) in [6.07, 6.45) is 3.38. The van der Waals surface area contributed by atoms with Gasteiger partial charge in [-0.1, -0.05) is 22.6 Å². The van der Waals surface area contributed by atoms with E-state index < -0.39 is 0 Å². The lowest BCUT2D eigenvalue weighted by molar-refractivity contribution is 1.04. The van der Waals surface area contributed by atoms with Crippen molar-refractivity contribution in [3.8, 4) is 11.3 Å². The summed E-state index contributed by atoms with van der Waals surface area (Å²) < 4.78 is 0.856. The monoisotopic (exact) mass is 320 g/mol. The van der Waals surface area contributed by atoms with E-state index in [0.29, 0.717) is 0 Å². The van der Waals surface area contributed by atoms with Gasteiger partial charge in [-0.2, -0.15) is 5.10 Å². The van der Waals surface area contributed by atoms with Gasteiger partial charge in [0.15, 0.2) is 0 Å². The highest BCUT2D eigenvalue weighted by atomic mass is 127. The number of aromatic amines is 1. The van der Waals surface area contributed by atoms with Crippen LogP contribution in [-0.2, 0) is 4.43 Å². The van der Waals surface area contributed by atoms with E-state index in [4.69, 9.17) is 11.6 Å². The van der Waals surface area contributed by atoms with Crippen molar-refractivity contribution in [1.29, 1.82) is 0 Å². The van der Waals surface area contributed by atoms with Gasteiger partial charge in [-0.05, 0) is 17.7 Å². The first-order valence-corrected chi connectivity index (χ1v) is 5.78. The molecule has 0 amide bonds. The molecule has 0 saturated carbocycles. The third-order valence-electron chi connectivity index (χ3n) is 1.75. The van der Waals surface area contributed by atoms with Crippen molar-refractivity contribution in [1.82, 2.24) is 20.2 Å². The molecule has 0 aliphatic carbocycles. The van der Waals surface area contributed by atoms with Crippen LogP contribution in [0.5, 0.6) is 0 Å². The molecule has 0 unspecified atom stereocenters. The van der Waals surface area contributed by atoms with Crippen LogP contribution in [0.2, 0.25) is 5.28 Å². The maximum Gasteiger partial charge on any atom is 0.222 e. The Morgan fingerprint density at radius 1 is 1.50 bits per heavy atom. The second kappa shape index (κ2) is 4.22. The summed E-state index contributed by atoms with van der Waals surface area (Å²) in [4.78, 5) is 7.94. The molecule has 2 aromatic heterocycles. The molecule has 0 radical (unpaired) electrons. The zero-order chi connectivity index (χ0) is 9.97. The summed E-state index contributed by atoms with van der Waals surface area (Å²) in [7, 11) is 0. The summed E-state index contributed by atoms with van der Waals surface area (Å²) in [5.41, 5.74) is 2.81. The number of nitrogens with zero attached hydrogens (tertiary/aromatic N) is 3. The second-order valence-electron chi connectivity index (χ2n) is 2.61. The minimum Gasteiger partial charge on any atom is -0.281 e. The Balaban J connectivity index is 2.49. The average Bonchev–Trinajstić information content (AvgIpc) is 2.65. The van der Waals surface area contributed by atoms with Crippen LogP contribution in [0.4, 0.5) is 0 Å². The maximum absolute atomic E-state index is 5.70. The van der Waals surface area contributed by atoms with Gasteiger partial charge >= 0.3 is 0 Å². The predicted molar refractivity (Wildman–Crippen MR) is 62.3 cm³/mol. The number of alkyl halides is 1. The summed E-state index contributed by atoms with van der Waals surface area (Å²) in [6, 6.07) is 1.81. The molecular formula is C8H6ClIN4. The lowest BCUT2D eigenvalue weighted by atomic mass is 10.2. The molecule has 0 aliphatic rings. The number of H-pyrrole nitrogens is 1. The van der Waals surface area contributed by atoms with Gasteiger partial charge in [-0.15, -0.1) is 0 Å². The lowest BCUT2D eigenvalue weighted by Crippen LogP contribution is -1.88. The summed E-state index contributed by atoms with van der Waals surface area (Å²) in [5, 5.41) is 7.13. The molecule has 2 rings (SSSR count). The first kappa shape index (κ1) is 9.85. The van der Waals surface area contributed by atoms with E-state index in [9.17, 15) is 0 Å². The van der Waals surface area contributed by atoms with E-state index in [-0.39, 0.29) is 5.28 Å². The highest BCUT2D eigenvalue weighted by molar-refractivity contribution is 14.1. The number of rotatable bonds is 2. The fraction of sp³-hybridized carbons (Fsp3) is 0.125. The molecule has 0 atom stereocenters. The molecule has 0 spiro atoms. The summed E-state index contributed by atoms with van der Waals surface area (Å²) in [5.74, 6) is 0. The van der Waals surface area contributed by atoms with Crippen molar-refractivity contribution in [2.75, 3.05) is 0 Å². The fourth-order valence-electron chi connectivity index (χ4n) is 1.12. The van der Waals surface area contributed by atoms with Crippen LogP contribution in [-0.4, -0.2) is 20.2 Å². The minimum atomic E-state index is 0.253. The molecule has 72 valence electrons. The molecule has 14 heavy (non-hydrogen) atoms. The Morgan fingerprint density at radius 3 is 3.07 bits per heavy atom. The highest BCUT2D eigenvalue weighted by Gasteiger charge is 2.07. The van der Waals surface area contributed by atoms with Crippen molar-refractivity contribution < 1.29 is 0 Å². The molecule has 4 nitrogen and oxygen atoms in total. The van der Waals surface area contributed by atoms with E-state index in [1.165, 1.54) is 0 Å². The molecular weight excluding hydrogens is 314 g/mol. The first-order chi connectivity index (χ1) is 6.81. The van der Waals surface area contributed by atoms with Crippen molar-refractivity contribution in [3.63, 3.8) is 0 Å². The van der Waals surface area contributed by atoms with E-state index in [2.05, 4.69) is 42.8 Å².